The zero-order valence-electron chi connectivity index (χ0n) is 13.8. The highest BCUT2D eigenvalue weighted by Crippen LogP contribution is 2.34. The van der Waals surface area contributed by atoms with Gasteiger partial charge in [0, 0.05) is 16.6 Å². The van der Waals surface area contributed by atoms with E-state index in [1.807, 2.05) is 18.4 Å². The van der Waals surface area contributed by atoms with Crippen LogP contribution < -0.4 is 14.8 Å². The molecule has 6 nitrogen and oxygen atoms in total. The van der Waals surface area contributed by atoms with Crippen molar-refractivity contribution in [3.05, 3.63) is 48.0 Å². The minimum Gasteiger partial charge on any atom is -0.454 e. The molecule has 1 atom stereocenters. The molecule has 2 aromatic rings. The van der Waals surface area contributed by atoms with E-state index in [1.165, 1.54) is 6.92 Å². The molecule has 1 aliphatic rings. The van der Waals surface area contributed by atoms with E-state index in [2.05, 4.69) is 5.32 Å². The Morgan fingerprint density at radius 3 is 2.56 bits per heavy atom. The summed E-state index contributed by atoms with van der Waals surface area (Å²) >= 11 is 1.58. The zero-order chi connectivity index (χ0) is 17.8. The average molecular weight is 359 g/mol. The van der Waals surface area contributed by atoms with Crippen molar-refractivity contribution >= 4 is 29.3 Å². The molecule has 0 unspecified atom stereocenters. The molecule has 2 aromatic carbocycles. The molecule has 0 bridgehead atoms. The third kappa shape index (κ3) is 4.06. The maximum atomic E-state index is 12.2. The summed E-state index contributed by atoms with van der Waals surface area (Å²) in [5.74, 6) is 0.233. The number of thioether (sulfide) groups is 1. The van der Waals surface area contributed by atoms with Crippen LogP contribution in [0.15, 0.2) is 47.4 Å². The molecule has 0 saturated carbocycles. The van der Waals surface area contributed by atoms with Crippen molar-refractivity contribution in [2.45, 2.75) is 17.9 Å². The maximum Gasteiger partial charge on any atom is 0.338 e. The van der Waals surface area contributed by atoms with Crippen LogP contribution >= 0.6 is 11.8 Å². The summed E-state index contributed by atoms with van der Waals surface area (Å²) in [5, 5.41) is 2.69. The van der Waals surface area contributed by atoms with Gasteiger partial charge < -0.3 is 19.5 Å². The molecule has 7 heteroatoms. The maximum absolute atomic E-state index is 12.2. The van der Waals surface area contributed by atoms with E-state index in [0.717, 1.165) is 4.90 Å². The molecule has 130 valence electrons. The Hall–Kier alpha value is -2.67. The third-order valence-corrected chi connectivity index (χ3v) is 4.36. The van der Waals surface area contributed by atoms with Crippen molar-refractivity contribution in [1.82, 2.24) is 0 Å². The molecule has 1 amide bonds. The highest BCUT2D eigenvalue weighted by atomic mass is 32.2. The lowest BCUT2D eigenvalue weighted by Gasteiger charge is -2.14. The number of fused-ring (bicyclic) bond motifs is 1. The van der Waals surface area contributed by atoms with Gasteiger partial charge in [-0.3, -0.25) is 4.79 Å². The van der Waals surface area contributed by atoms with Gasteiger partial charge in [0.15, 0.2) is 17.6 Å². The van der Waals surface area contributed by atoms with Crippen molar-refractivity contribution in [2.24, 2.45) is 0 Å². The summed E-state index contributed by atoms with van der Waals surface area (Å²) in [6.45, 7) is 1.69. The number of ether oxygens (including phenoxy) is 3. The van der Waals surface area contributed by atoms with Gasteiger partial charge in [0.05, 0.1) is 5.56 Å². The first-order chi connectivity index (χ1) is 12.1. The van der Waals surface area contributed by atoms with Gasteiger partial charge in [0.2, 0.25) is 6.79 Å². The van der Waals surface area contributed by atoms with E-state index >= 15 is 0 Å². The number of esters is 1. The van der Waals surface area contributed by atoms with Gasteiger partial charge in [-0.25, -0.2) is 4.79 Å². The first-order valence-corrected chi connectivity index (χ1v) is 8.85. The minimum absolute atomic E-state index is 0.163. The smallest absolute Gasteiger partial charge is 0.338 e. The summed E-state index contributed by atoms with van der Waals surface area (Å²) in [6.07, 6.45) is 1.02. The van der Waals surface area contributed by atoms with Crippen molar-refractivity contribution in [3.63, 3.8) is 0 Å². The Balaban J connectivity index is 1.59. The number of hydrogen-bond acceptors (Lipinski definition) is 6. The summed E-state index contributed by atoms with van der Waals surface area (Å²) in [5.41, 5.74) is 0.946. The second-order valence-corrected chi connectivity index (χ2v) is 6.21. The van der Waals surface area contributed by atoms with Crippen molar-refractivity contribution in [1.29, 1.82) is 0 Å². The van der Waals surface area contributed by atoms with Crippen molar-refractivity contribution in [3.8, 4) is 11.5 Å². The van der Waals surface area contributed by atoms with E-state index in [0.29, 0.717) is 22.7 Å². The van der Waals surface area contributed by atoms with Gasteiger partial charge in [-0.2, -0.15) is 0 Å². The second-order valence-electron chi connectivity index (χ2n) is 5.33. The van der Waals surface area contributed by atoms with Crippen LogP contribution in [0.5, 0.6) is 11.5 Å². The van der Waals surface area contributed by atoms with Crippen LogP contribution in [0.25, 0.3) is 0 Å². The van der Waals surface area contributed by atoms with Crippen LogP contribution in [0.4, 0.5) is 5.69 Å². The number of carbonyl (C=O) groups is 2. The molecule has 1 aliphatic heterocycles. The molecule has 1 heterocycles. The van der Waals surface area contributed by atoms with Gasteiger partial charge in [0.25, 0.3) is 5.91 Å². The van der Waals surface area contributed by atoms with Crippen LogP contribution in [0, 0.1) is 0 Å². The molecule has 25 heavy (non-hydrogen) atoms. The molecule has 0 aromatic heterocycles. The molecular weight excluding hydrogens is 342 g/mol. The monoisotopic (exact) mass is 359 g/mol. The highest BCUT2D eigenvalue weighted by Gasteiger charge is 2.20. The van der Waals surface area contributed by atoms with Gasteiger partial charge in [0.1, 0.15) is 0 Å². The summed E-state index contributed by atoms with van der Waals surface area (Å²) in [4.78, 5) is 25.4. The molecule has 0 radical (unpaired) electrons. The fraction of sp³-hybridized carbons (Fsp3) is 0.222. The van der Waals surface area contributed by atoms with Crippen molar-refractivity contribution < 1.29 is 23.8 Å². The molecule has 3 rings (SSSR count). The van der Waals surface area contributed by atoms with Crippen molar-refractivity contribution in [2.75, 3.05) is 18.4 Å². The zero-order valence-corrected chi connectivity index (χ0v) is 14.6. The summed E-state index contributed by atoms with van der Waals surface area (Å²) < 4.78 is 15.7. The van der Waals surface area contributed by atoms with Crippen LogP contribution in [-0.2, 0) is 9.53 Å². The SMILES string of the molecule is CSc1ccc(C(=O)O[C@@H](C)C(=O)Nc2ccc3c(c2)OCO3)cc1. The van der Waals surface area contributed by atoms with E-state index in [9.17, 15) is 9.59 Å². The number of hydrogen-bond donors (Lipinski definition) is 1. The van der Waals surface area contributed by atoms with Crippen LogP contribution in [0.3, 0.4) is 0 Å². The Kier molecular flexibility index (Phi) is 5.14. The number of rotatable bonds is 5. The normalized spacial score (nSPS) is 13.2. The highest BCUT2D eigenvalue weighted by molar-refractivity contribution is 7.98. The number of nitrogens with one attached hydrogen (secondary N) is 1. The number of amides is 1. The quantitative estimate of drug-likeness (QED) is 0.652. The van der Waals surface area contributed by atoms with E-state index < -0.39 is 18.0 Å². The fourth-order valence-corrected chi connectivity index (χ4v) is 2.64. The van der Waals surface area contributed by atoms with E-state index in [1.54, 1.807) is 42.1 Å². The topological polar surface area (TPSA) is 73.9 Å². The second kappa shape index (κ2) is 7.48. The molecule has 1 N–H and O–H groups in total. The number of anilines is 1. The molecule has 0 saturated heterocycles. The molecule has 0 fully saturated rings. The van der Waals surface area contributed by atoms with Crippen LogP contribution in [0.1, 0.15) is 17.3 Å². The average Bonchev–Trinajstić information content (AvgIpc) is 3.09. The van der Waals surface area contributed by atoms with Gasteiger partial charge in [-0.15, -0.1) is 11.8 Å². The molecular formula is C18H17NO5S. The predicted octanol–water partition coefficient (Wildman–Crippen LogP) is 3.32. The first-order valence-electron chi connectivity index (χ1n) is 7.62. The third-order valence-electron chi connectivity index (χ3n) is 3.62. The lowest BCUT2D eigenvalue weighted by molar-refractivity contribution is -0.123. The Labute approximate surface area is 149 Å². The predicted molar refractivity (Wildman–Crippen MR) is 94.3 cm³/mol. The fourth-order valence-electron chi connectivity index (χ4n) is 2.23. The van der Waals surface area contributed by atoms with Gasteiger partial charge in [-0.1, -0.05) is 0 Å². The Bertz CT molecular complexity index is 791. The standard InChI is InChI=1S/C18H17NO5S/c1-11(24-18(21)12-3-6-14(25-2)7-4-12)17(20)19-13-5-8-15-16(9-13)23-10-22-15/h3-9,11H,10H2,1-2H3,(H,19,20)/t11-/m0/s1. The number of benzene rings is 2. The van der Waals surface area contributed by atoms with E-state index in [-0.39, 0.29) is 6.79 Å². The van der Waals surface area contributed by atoms with Gasteiger partial charge in [-0.05, 0) is 49.6 Å². The Morgan fingerprint density at radius 1 is 1.12 bits per heavy atom. The largest absolute Gasteiger partial charge is 0.454 e. The lowest BCUT2D eigenvalue weighted by Crippen LogP contribution is -2.30. The lowest BCUT2D eigenvalue weighted by atomic mass is 10.2. The van der Waals surface area contributed by atoms with Crippen LogP contribution in [0.2, 0.25) is 0 Å². The van der Waals surface area contributed by atoms with Crippen LogP contribution in [-0.4, -0.2) is 31.0 Å². The molecule has 0 spiro atoms. The first kappa shape index (κ1) is 17.2. The Morgan fingerprint density at radius 2 is 1.84 bits per heavy atom. The minimum atomic E-state index is -0.932. The summed E-state index contributed by atoms with van der Waals surface area (Å²) in [7, 11) is 0. The molecule has 0 aliphatic carbocycles. The van der Waals surface area contributed by atoms with Gasteiger partial charge >= 0.3 is 5.97 Å². The number of carbonyl (C=O) groups excluding carboxylic acids is 2. The summed E-state index contributed by atoms with van der Waals surface area (Å²) in [6, 6.07) is 12.1. The van der Waals surface area contributed by atoms with E-state index in [4.69, 9.17) is 14.2 Å².